The molecule has 0 aliphatic heterocycles. The first-order valence-corrected chi connectivity index (χ1v) is 9.60. The minimum absolute atomic E-state index is 0. The summed E-state index contributed by atoms with van der Waals surface area (Å²) in [5.41, 5.74) is 1.11. The minimum atomic E-state index is 0. The summed E-state index contributed by atoms with van der Waals surface area (Å²) in [4.78, 5) is 4.28. The molecule has 0 aliphatic rings. The average molecular weight is 493 g/mol. The third kappa shape index (κ3) is 10.0. The molecule has 1 atom stereocenters. The number of guanidine groups is 1. The van der Waals surface area contributed by atoms with Gasteiger partial charge >= 0.3 is 0 Å². The fourth-order valence-electron chi connectivity index (χ4n) is 2.41. The highest BCUT2D eigenvalue weighted by Crippen LogP contribution is 2.30. The molecule has 1 aromatic carbocycles. The van der Waals surface area contributed by atoms with E-state index in [2.05, 4.69) is 29.5 Å². The van der Waals surface area contributed by atoms with Gasteiger partial charge in [-0.25, -0.2) is 0 Å². The van der Waals surface area contributed by atoms with E-state index in [1.54, 1.807) is 7.05 Å². The molecule has 0 fully saturated rings. The van der Waals surface area contributed by atoms with E-state index in [9.17, 15) is 0 Å². The van der Waals surface area contributed by atoms with Crippen LogP contribution in [-0.4, -0.2) is 46.0 Å². The van der Waals surface area contributed by atoms with E-state index < -0.39 is 0 Å². The Morgan fingerprint density at radius 2 is 1.78 bits per heavy atom. The smallest absolute Gasteiger partial charge is 0.191 e. The van der Waals surface area contributed by atoms with Crippen molar-refractivity contribution in [3.05, 3.63) is 23.8 Å². The van der Waals surface area contributed by atoms with Crippen LogP contribution in [0.15, 0.2) is 23.2 Å². The summed E-state index contributed by atoms with van der Waals surface area (Å²) in [5.74, 6) is 2.30. The molecule has 0 saturated heterocycles. The van der Waals surface area contributed by atoms with Gasteiger partial charge in [0.05, 0.1) is 25.9 Å². The standard InChI is InChI=1S/C20H35N3O3.HI/c1-6-9-13-24-14-12-22-20(21-5)23-16(4)17-10-11-18(25-7-2)19(15-17)26-8-3;/h10-11,15-16H,6-9,12-14H2,1-5H3,(H2,21,22,23);1H. The van der Waals surface area contributed by atoms with Crippen LogP contribution in [0.5, 0.6) is 11.5 Å². The predicted molar refractivity (Wildman–Crippen MR) is 123 cm³/mol. The summed E-state index contributed by atoms with van der Waals surface area (Å²) in [6, 6.07) is 6.11. The van der Waals surface area contributed by atoms with Gasteiger partial charge in [0, 0.05) is 20.2 Å². The molecule has 1 unspecified atom stereocenters. The molecule has 0 aromatic heterocycles. The van der Waals surface area contributed by atoms with Crippen LogP contribution in [0.1, 0.15) is 52.1 Å². The lowest BCUT2D eigenvalue weighted by molar-refractivity contribution is 0.136. The van der Waals surface area contributed by atoms with Crippen molar-refractivity contribution >= 4 is 29.9 Å². The zero-order chi connectivity index (χ0) is 19.2. The van der Waals surface area contributed by atoms with Crippen LogP contribution in [0.3, 0.4) is 0 Å². The SMILES string of the molecule is CCCCOCCNC(=NC)NC(C)c1ccc(OCC)c(OCC)c1.I. The molecular formula is C20H36IN3O3. The molecule has 0 heterocycles. The number of nitrogens with one attached hydrogen (secondary N) is 2. The summed E-state index contributed by atoms with van der Waals surface area (Å²) >= 11 is 0. The van der Waals surface area contributed by atoms with Crippen molar-refractivity contribution in [2.75, 3.05) is 40.0 Å². The summed E-state index contributed by atoms with van der Waals surface area (Å²) in [6.45, 7) is 11.6. The molecule has 0 saturated carbocycles. The van der Waals surface area contributed by atoms with Gasteiger partial charge in [0.25, 0.3) is 0 Å². The highest BCUT2D eigenvalue weighted by Gasteiger charge is 2.12. The topological polar surface area (TPSA) is 64.1 Å². The second-order valence-electron chi connectivity index (χ2n) is 5.90. The van der Waals surface area contributed by atoms with Crippen LogP contribution < -0.4 is 20.1 Å². The van der Waals surface area contributed by atoms with E-state index in [1.807, 2.05) is 32.0 Å². The zero-order valence-electron chi connectivity index (χ0n) is 17.3. The van der Waals surface area contributed by atoms with Crippen molar-refractivity contribution in [3.8, 4) is 11.5 Å². The van der Waals surface area contributed by atoms with Gasteiger partial charge in [-0.05, 0) is 44.9 Å². The maximum atomic E-state index is 5.71. The van der Waals surface area contributed by atoms with Crippen molar-refractivity contribution in [1.82, 2.24) is 10.6 Å². The normalized spacial score (nSPS) is 12.1. The number of rotatable bonds is 12. The lowest BCUT2D eigenvalue weighted by atomic mass is 10.1. The number of benzene rings is 1. The number of hydrogen-bond acceptors (Lipinski definition) is 4. The number of nitrogens with zero attached hydrogens (tertiary/aromatic N) is 1. The van der Waals surface area contributed by atoms with Crippen LogP contribution in [-0.2, 0) is 4.74 Å². The van der Waals surface area contributed by atoms with E-state index in [1.165, 1.54) is 0 Å². The fourth-order valence-corrected chi connectivity index (χ4v) is 2.41. The number of ether oxygens (including phenoxy) is 3. The van der Waals surface area contributed by atoms with Crippen LogP contribution in [0.2, 0.25) is 0 Å². The van der Waals surface area contributed by atoms with Gasteiger partial charge in [0.2, 0.25) is 0 Å². The first-order chi connectivity index (χ1) is 12.7. The van der Waals surface area contributed by atoms with Crippen LogP contribution in [0.25, 0.3) is 0 Å². The zero-order valence-corrected chi connectivity index (χ0v) is 19.7. The lowest BCUT2D eigenvalue weighted by Gasteiger charge is -2.20. The van der Waals surface area contributed by atoms with Gasteiger partial charge in [-0.1, -0.05) is 19.4 Å². The molecule has 27 heavy (non-hydrogen) atoms. The highest BCUT2D eigenvalue weighted by molar-refractivity contribution is 14.0. The molecule has 0 spiro atoms. The highest BCUT2D eigenvalue weighted by atomic mass is 127. The third-order valence-electron chi connectivity index (χ3n) is 3.83. The van der Waals surface area contributed by atoms with E-state index in [0.717, 1.165) is 49.0 Å². The summed E-state index contributed by atoms with van der Waals surface area (Å²) < 4.78 is 16.9. The largest absolute Gasteiger partial charge is 0.490 e. The minimum Gasteiger partial charge on any atom is -0.490 e. The Bertz CT molecular complexity index is 541. The van der Waals surface area contributed by atoms with E-state index in [-0.39, 0.29) is 30.0 Å². The van der Waals surface area contributed by atoms with Crippen LogP contribution >= 0.6 is 24.0 Å². The molecule has 2 N–H and O–H groups in total. The Labute approximate surface area is 181 Å². The van der Waals surface area contributed by atoms with E-state index in [4.69, 9.17) is 14.2 Å². The second kappa shape index (κ2) is 15.8. The Balaban J connectivity index is 0.00000676. The molecule has 0 bridgehead atoms. The van der Waals surface area contributed by atoms with Gasteiger partial charge in [-0.3, -0.25) is 4.99 Å². The van der Waals surface area contributed by atoms with Crippen molar-refractivity contribution in [2.24, 2.45) is 4.99 Å². The van der Waals surface area contributed by atoms with Crippen molar-refractivity contribution in [1.29, 1.82) is 0 Å². The summed E-state index contributed by atoms with van der Waals surface area (Å²) in [5, 5.41) is 6.67. The van der Waals surface area contributed by atoms with E-state index >= 15 is 0 Å². The monoisotopic (exact) mass is 493 g/mol. The number of aliphatic imine (C=N–C) groups is 1. The average Bonchev–Trinajstić information content (AvgIpc) is 2.65. The molecule has 1 aromatic rings. The number of unbranched alkanes of at least 4 members (excludes halogenated alkanes) is 1. The number of halogens is 1. The molecular weight excluding hydrogens is 457 g/mol. The molecule has 1 rings (SSSR count). The van der Waals surface area contributed by atoms with Gasteiger partial charge in [-0.2, -0.15) is 0 Å². The Morgan fingerprint density at radius 1 is 1.07 bits per heavy atom. The third-order valence-corrected chi connectivity index (χ3v) is 3.83. The lowest BCUT2D eigenvalue weighted by Crippen LogP contribution is -2.40. The molecule has 156 valence electrons. The maximum Gasteiger partial charge on any atom is 0.191 e. The van der Waals surface area contributed by atoms with Crippen molar-refractivity contribution in [3.63, 3.8) is 0 Å². The van der Waals surface area contributed by atoms with Crippen molar-refractivity contribution < 1.29 is 14.2 Å². The second-order valence-corrected chi connectivity index (χ2v) is 5.90. The molecule has 0 radical (unpaired) electrons. The molecule has 6 nitrogen and oxygen atoms in total. The molecule has 7 heteroatoms. The number of hydrogen-bond donors (Lipinski definition) is 2. The molecule has 0 aliphatic carbocycles. The van der Waals surface area contributed by atoms with Crippen molar-refractivity contribution in [2.45, 2.75) is 46.6 Å². The molecule has 0 amide bonds. The van der Waals surface area contributed by atoms with Gasteiger partial charge in [0.1, 0.15) is 0 Å². The van der Waals surface area contributed by atoms with Crippen LogP contribution in [0.4, 0.5) is 0 Å². The Kier molecular flexibility index (Phi) is 15.1. The first kappa shape index (κ1) is 25.8. The Morgan fingerprint density at radius 3 is 2.41 bits per heavy atom. The van der Waals surface area contributed by atoms with Crippen LogP contribution in [0, 0.1) is 0 Å². The summed E-state index contributed by atoms with van der Waals surface area (Å²) in [7, 11) is 1.77. The predicted octanol–water partition coefficient (Wildman–Crippen LogP) is 4.14. The maximum absolute atomic E-state index is 5.71. The van der Waals surface area contributed by atoms with Gasteiger partial charge < -0.3 is 24.8 Å². The Hall–Kier alpha value is -1.22. The fraction of sp³-hybridized carbons (Fsp3) is 0.650. The van der Waals surface area contributed by atoms with Gasteiger partial charge in [0.15, 0.2) is 17.5 Å². The van der Waals surface area contributed by atoms with E-state index in [0.29, 0.717) is 19.8 Å². The quantitative estimate of drug-likeness (QED) is 0.198. The first-order valence-electron chi connectivity index (χ1n) is 9.60. The summed E-state index contributed by atoms with van der Waals surface area (Å²) in [6.07, 6.45) is 2.25. The van der Waals surface area contributed by atoms with Gasteiger partial charge in [-0.15, -0.1) is 24.0 Å².